The molecule has 1 N–H and O–H groups in total. The molecule has 3 nitrogen and oxygen atoms in total. The highest BCUT2D eigenvalue weighted by Crippen LogP contribution is 2.09. The van der Waals surface area contributed by atoms with E-state index in [0.717, 1.165) is 6.54 Å². The summed E-state index contributed by atoms with van der Waals surface area (Å²) < 4.78 is 5.02. The van der Waals surface area contributed by atoms with E-state index in [9.17, 15) is 0 Å². The molecule has 0 fully saturated rings. The normalized spacial score (nSPS) is 14.5. The minimum atomic E-state index is 0.534. The molecule has 0 spiro atoms. The average molecular weight is 222 g/mol. The number of ether oxygens (including phenoxy) is 1. The third-order valence-electron chi connectivity index (χ3n) is 3.13. The Labute approximate surface area is 98.2 Å². The Morgan fingerprint density at radius 3 is 2.62 bits per heavy atom. The van der Waals surface area contributed by atoms with Gasteiger partial charge in [0.15, 0.2) is 0 Å². The van der Waals surface area contributed by atoms with Gasteiger partial charge in [-0.15, -0.1) is 0 Å². The lowest BCUT2D eigenvalue weighted by Gasteiger charge is -2.19. The van der Waals surface area contributed by atoms with Gasteiger partial charge in [0.1, 0.15) is 0 Å². The predicted molar refractivity (Wildman–Crippen MR) is 66.5 cm³/mol. The highest BCUT2D eigenvalue weighted by atomic mass is 16.5. The van der Waals surface area contributed by atoms with Crippen molar-refractivity contribution < 1.29 is 4.74 Å². The van der Waals surface area contributed by atoms with Gasteiger partial charge in [0.25, 0.3) is 0 Å². The van der Waals surface area contributed by atoms with Crippen LogP contribution in [0.1, 0.15) is 32.8 Å². The highest BCUT2D eigenvalue weighted by molar-refractivity contribution is 5.17. The molecule has 0 aliphatic carbocycles. The number of nitrogens with one attached hydrogen (secondary N) is 1. The highest BCUT2D eigenvalue weighted by Gasteiger charge is 2.08. The number of pyridine rings is 1. The largest absolute Gasteiger partial charge is 0.481 e. The fraction of sp³-hybridized carbons (Fsp3) is 0.615. The molecule has 0 aromatic carbocycles. The first kappa shape index (κ1) is 13.0. The second kappa shape index (κ2) is 6.48. The Balaban J connectivity index is 2.42. The number of hydrogen-bond donors (Lipinski definition) is 1. The van der Waals surface area contributed by atoms with Crippen LogP contribution in [0.4, 0.5) is 0 Å². The van der Waals surface area contributed by atoms with E-state index in [1.165, 1.54) is 12.0 Å². The Morgan fingerprint density at radius 2 is 2.12 bits per heavy atom. The van der Waals surface area contributed by atoms with Crippen LogP contribution in [0, 0.1) is 5.92 Å². The quantitative estimate of drug-likeness (QED) is 0.803. The minimum Gasteiger partial charge on any atom is -0.481 e. The van der Waals surface area contributed by atoms with Crippen molar-refractivity contribution in [1.29, 1.82) is 0 Å². The average Bonchev–Trinajstić information content (AvgIpc) is 2.35. The van der Waals surface area contributed by atoms with Crippen molar-refractivity contribution in [2.75, 3.05) is 7.11 Å². The summed E-state index contributed by atoms with van der Waals surface area (Å²) in [7, 11) is 1.63. The first-order valence-electron chi connectivity index (χ1n) is 5.89. The van der Waals surface area contributed by atoms with E-state index in [-0.39, 0.29) is 0 Å². The van der Waals surface area contributed by atoms with E-state index in [2.05, 4.69) is 31.1 Å². The zero-order chi connectivity index (χ0) is 12.0. The molecule has 1 aromatic heterocycles. The van der Waals surface area contributed by atoms with Gasteiger partial charge in [-0.1, -0.05) is 26.3 Å². The van der Waals surface area contributed by atoms with Gasteiger partial charge in [-0.3, -0.25) is 0 Å². The standard InChI is InChI=1S/C13H22N2O/c1-5-10(2)11(3)14-8-12-6-7-13(16-4)15-9-12/h6-7,9-11,14H,5,8H2,1-4H3. The first-order chi connectivity index (χ1) is 7.67. The molecule has 1 rings (SSSR count). The van der Waals surface area contributed by atoms with Gasteiger partial charge in [-0.25, -0.2) is 4.98 Å². The molecule has 0 aliphatic rings. The summed E-state index contributed by atoms with van der Waals surface area (Å²) in [4.78, 5) is 4.18. The van der Waals surface area contributed by atoms with Gasteiger partial charge in [-0.05, 0) is 18.4 Å². The van der Waals surface area contributed by atoms with Crippen LogP contribution < -0.4 is 10.1 Å². The second-order valence-electron chi connectivity index (χ2n) is 4.26. The lowest BCUT2D eigenvalue weighted by Crippen LogP contribution is -2.31. The van der Waals surface area contributed by atoms with Gasteiger partial charge in [0, 0.05) is 24.8 Å². The number of hydrogen-bond acceptors (Lipinski definition) is 3. The molecule has 1 heterocycles. The summed E-state index contributed by atoms with van der Waals surface area (Å²) >= 11 is 0. The minimum absolute atomic E-state index is 0.534. The summed E-state index contributed by atoms with van der Waals surface area (Å²) in [6, 6.07) is 4.47. The van der Waals surface area contributed by atoms with Gasteiger partial charge in [0.05, 0.1) is 7.11 Å². The Kier molecular flexibility index (Phi) is 5.26. The number of rotatable bonds is 6. The van der Waals surface area contributed by atoms with Crippen LogP contribution in [-0.2, 0) is 6.54 Å². The Bertz CT molecular complexity index is 297. The molecule has 0 radical (unpaired) electrons. The molecule has 2 unspecified atom stereocenters. The molecule has 1 aromatic rings. The molecule has 0 bridgehead atoms. The first-order valence-corrected chi connectivity index (χ1v) is 5.89. The zero-order valence-corrected chi connectivity index (χ0v) is 10.7. The van der Waals surface area contributed by atoms with E-state index in [4.69, 9.17) is 4.74 Å². The summed E-state index contributed by atoms with van der Waals surface area (Å²) in [5.74, 6) is 1.37. The molecule has 90 valence electrons. The van der Waals surface area contributed by atoms with Crippen LogP contribution in [0.3, 0.4) is 0 Å². The van der Waals surface area contributed by atoms with E-state index >= 15 is 0 Å². The predicted octanol–water partition coefficient (Wildman–Crippen LogP) is 2.61. The molecule has 16 heavy (non-hydrogen) atoms. The van der Waals surface area contributed by atoms with Crippen LogP contribution in [0.25, 0.3) is 0 Å². The van der Waals surface area contributed by atoms with Crippen LogP contribution in [0.5, 0.6) is 5.88 Å². The van der Waals surface area contributed by atoms with Gasteiger partial charge >= 0.3 is 0 Å². The third kappa shape index (κ3) is 3.81. The second-order valence-corrected chi connectivity index (χ2v) is 4.26. The lowest BCUT2D eigenvalue weighted by molar-refractivity contribution is 0.387. The van der Waals surface area contributed by atoms with E-state index < -0.39 is 0 Å². The molecule has 2 atom stereocenters. The van der Waals surface area contributed by atoms with Crippen LogP contribution in [0.15, 0.2) is 18.3 Å². The van der Waals surface area contributed by atoms with Crippen molar-refractivity contribution in [3.05, 3.63) is 23.9 Å². The molecule has 3 heteroatoms. The van der Waals surface area contributed by atoms with Crippen LogP contribution in [-0.4, -0.2) is 18.1 Å². The van der Waals surface area contributed by atoms with E-state index in [1.54, 1.807) is 7.11 Å². The summed E-state index contributed by atoms with van der Waals surface area (Å²) in [6.45, 7) is 7.58. The molecule has 0 saturated carbocycles. The molecular formula is C13H22N2O. The van der Waals surface area contributed by atoms with Crippen molar-refractivity contribution in [2.24, 2.45) is 5.92 Å². The van der Waals surface area contributed by atoms with Crippen molar-refractivity contribution in [2.45, 2.75) is 39.8 Å². The molecule has 0 saturated heterocycles. The van der Waals surface area contributed by atoms with Crippen molar-refractivity contribution >= 4 is 0 Å². The molecular weight excluding hydrogens is 200 g/mol. The van der Waals surface area contributed by atoms with Crippen molar-refractivity contribution in [3.8, 4) is 5.88 Å². The van der Waals surface area contributed by atoms with Gasteiger partial charge in [0.2, 0.25) is 5.88 Å². The smallest absolute Gasteiger partial charge is 0.212 e. The maximum absolute atomic E-state index is 5.02. The molecule has 0 aliphatic heterocycles. The van der Waals surface area contributed by atoms with Gasteiger partial charge in [-0.2, -0.15) is 0 Å². The van der Waals surface area contributed by atoms with E-state index in [1.807, 2.05) is 18.3 Å². The number of aromatic nitrogens is 1. The molecule has 0 amide bonds. The maximum Gasteiger partial charge on any atom is 0.212 e. The van der Waals surface area contributed by atoms with Gasteiger partial charge < -0.3 is 10.1 Å². The summed E-state index contributed by atoms with van der Waals surface area (Å²) in [5, 5.41) is 3.51. The Morgan fingerprint density at radius 1 is 1.38 bits per heavy atom. The number of nitrogens with zero attached hydrogens (tertiary/aromatic N) is 1. The van der Waals surface area contributed by atoms with Crippen molar-refractivity contribution in [1.82, 2.24) is 10.3 Å². The summed E-state index contributed by atoms with van der Waals surface area (Å²) in [6.07, 6.45) is 3.06. The van der Waals surface area contributed by atoms with E-state index in [0.29, 0.717) is 17.8 Å². The third-order valence-corrected chi connectivity index (χ3v) is 3.13. The monoisotopic (exact) mass is 222 g/mol. The maximum atomic E-state index is 5.02. The SMILES string of the molecule is CCC(C)C(C)NCc1ccc(OC)nc1. The number of methoxy groups -OCH3 is 1. The topological polar surface area (TPSA) is 34.1 Å². The Hall–Kier alpha value is -1.09. The van der Waals surface area contributed by atoms with Crippen LogP contribution >= 0.6 is 0 Å². The lowest BCUT2D eigenvalue weighted by atomic mass is 10.0. The fourth-order valence-corrected chi connectivity index (χ4v) is 1.47. The van der Waals surface area contributed by atoms with Crippen molar-refractivity contribution in [3.63, 3.8) is 0 Å². The van der Waals surface area contributed by atoms with Crippen LogP contribution in [0.2, 0.25) is 0 Å². The zero-order valence-electron chi connectivity index (χ0n) is 10.7. The fourth-order valence-electron chi connectivity index (χ4n) is 1.47. The summed E-state index contributed by atoms with van der Waals surface area (Å²) in [5.41, 5.74) is 1.19.